The van der Waals surface area contributed by atoms with E-state index in [-0.39, 0.29) is 11.2 Å². The highest BCUT2D eigenvalue weighted by Gasteiger charge is 2.17. The maximum atomic E-state index is 12.7. The van der Waals surface area contributed by atoms with Crippen LogP contribution in [0.2, 0.25) is 0 Å². The first kappa shape index (κ1) is 18.4. The molecule has 2 aromatic heterocycles. The average molecular weight is 370 g/mol. The van der Waals surface area contributed by atoms with Gasteiger partial charge in [0, 0.05) is 26.3 Å². The number of hydrogen-bond donors (Lipinski definition) is 0. The molecule has 0 saturated heterocycles. The van der Waals surface area contributed by atoms with Gasteiger partial charge in [0.25, 0.3) is 5.56 Å². The third kappa shape index (κ3) is 3.44. The molecular formula is C19H22N4O2S. The van der Waals surface area contributed by atoms with Gasteiger partial charge in [0.05, 0.1) is 0 Å². The third-order valence-electron chi connectivity index (χ3n) is 4.24. The molecule has 6 nitrogen and oxygen atoms in total. The van der Waals surface area contributed by atoms with Crippen molar-refractivity contribution in [2.75, 3.05) is 0 Å². The normalized spacial score (nSPS) is 11.2. The highest BCUT2D eigenvalue weighted by molar-refractivity contribution is 7.98. The summed E-state index contributed by atoms with van der Waals surface area (Å²) < 4.78 is 2.54. The van der Waals surface area contributed by atoms with E-state index in [2.05, 4.69) is 42.0 Å². The fraction of sp³-hybridized carbons (Fsp3) is 0.368. The van der Waals surface area contributed by atoms with E-state index in [1.807, 2.05) is 6.07 Å². The lowest BCUT2D eigenvalue weighted by molar-refractivity contribution is 0.696. The molecule has 0 N–H and O–H groups in total. The zero-order valence-electron chi connectivity index (χ0n) is 15.4. The van der Waals surface area contributed by atoms with E-state index in [0.717, 1.165) is 11.0 Å². The van der Waals surface area contributed by atoms with Crippen LogP contribution in [0.5, 0.6) is 0 Å². The molecule has 0 amide bonds. The van der Waals surface area contributed by atoms with Gasteiger partial charge in [-0.05, 0) is 18.9 Å². The Balaban J connectivity index is 2.15. The van der Waals surface area contributed by atoms with Crippen LogP contribution in [0, 0.1) is 6.92 Å². The standard InChI is InChI=1S/C19H22N4O2S/c1-5-7-14-20-16-15(18(24)23(4)19(25)22(16)3)17(21-14)26-11-13-9-6-8-12(2)10-13/h6,8-10H,5,7,11H2,1-4H3. The quantitative estimate of drug-likeness (QED) is 0.510. The number of aryl methyl sites for hydroxylation is 3. The maximum absolute atomic E-state index is 12.7. The molecule has 0 radical (unpaired) electrons. The molecule has 7 heteroatoms. The van der Waals surface area contributed by atoms with Crippen LogP contribution in [0.3, 0.4) is 0 Å². The molecule has 0 saturated carbocycles. The van der Waals surface area contributed by atoms with E-state index in [9.17, 15) is 9.59 Å². The molecule has 0 atom stereocenters. The van der Waals surface area contributed by atoms with Crippen molar-refractivity contribution in [2.24, 2.45) is 14.1 Å². The second-order valence-corrected chi connectivity index (χ2v) is 7.34. The smallest absolute Gasteiger partial charge is 0.280 e. The average Bonchev–Trinajstić information content (AvgIpc) is 2.63. The first-order chi connectivity index (χ1) is 12.4. The van der Waals surface area contributed by atoms with Gasteiger partial charge in [-0.15, -0.1) is 11.8 Å². The van der Waals surface area contributed by atoms with Gasteiger partial charge >= 0.3 is 5.69 Å². The Hall–Kier alpha value is -2.41. The molecular weight excluding hydrogens is 348 g/mol. The summed E-state index contributed by atoms with van der Waals surface area (Å²) in [6, 6.07) is 8.26. The minimum Gasteiger partial charge on any atom is -0.280 e. The van der Waals surface area contributed by atoms with E-state index < -0.39 is 0 Å². The maximum Gasteiger partial charge on any atom is 0.332 e. The summed E-state index contributed by atoms with van der Waals surface area (Å²) in [5.41, 5.74) is 2.04. The number of benzene rings is 1. The van der Waals surface area contributed by atoms with Crippen LogP contribution in [-0.2, 0) is 26.3 Å². The summed E-state index contributed by atoms with van der Waals surface area (Å²) in [5.74, 6) is 1.36. The van der Waals surface area contributed by atoms with Gasteiger partial charge in [-0.1, -0.05) is 36.8 Å². The minimum atomic E-state index is -0.377. The first-order valence-electron chi connectivity index (χ1n) is 8.57. The van der Waals surface area contributed by atoms with Crippen LogP contribution in [-0.4, -0.2) is 19.1 Å². The molecule has 0 bridgehead atoms. The SMILES string of the molecule is CCCc1nc(SCc2cccc(C)c2)c2c(=O)n(C)c(=O)n(C)c2n1. The summed E-state index contributed by atoms with van der Waals surface area (Å²) in [4.78, 5) is 34.1. The second kappa shape index (κ2) is 7.45. The predicted octanol–water partition coefficient (Wildman–Crippen LogP) is 2.58. The monoisotopic (exact) mass is 370 g/mol. The number of fused-ring (bicyclic) bond motifs is 1. The Labute approximate surface area is 155 Å². The summed E-state index contributed by atoms with van der Waals surface area (Å²) in [7, 11) is 3.13. The molecule has 26 heavy (non-hydrogen) atoms. The highest BCUT2D eigenvalue weighted by atomic mass is 32.2. The molecule has 1 aromatic carbocycles. The van der Waals surface area contributed by atoms with Crippen molar-refractivity contribution in [1.29, 1.82) is 0 Å². The molecule has 0 spiro atoms. The Morgan fingerprint density at radius 3 is 2.58 bits per heavy atom. The second-order valence-electron chi connectivity index (χ2n) is 6.38. The molecule has 3 aromatic rings. The summed E-state index contributed by atoms with van der Waals surface area (Å²) in [6.07, 6.45) is 1.60. The van der Waals surface area contributed by atoms with E-state index >= 15 is 0 Å². The largest absolute Gasteiger partial charge is 0.332 e. The van der Waals surface area contributed by atoms with E-state index in [4.69, 9.17) is 0 Å². The van der Waals surface area contributed by atoms with Gasteiger partial charge < -0.3 is 0 Å². The van der Waals surface area contributed by atoms with Crippen LogP contribution < -0.4 is 11.2 Å². The van der Waals surface area contributed by atoms with Crippen LogP contribution in [0.25, 0.3) is 11.0 Å². The minimum absolute atomic E-state index is 0.349. The summed E-state index contributed by atoms with van der Waals surface area (Å²) in [6.45, 7) is 4.11. The van der Waals surface area contributed by atoms with Crippen LogP contribution in [0.1, 0.15) is 30.3 Å². The third-order valence-corrected chi connectivity index (χ3v) is 5.29. The van der Waals surface area contributed by atoms with Crippen LogP contribution in [0.15, 0.2) is 38.9 Å². The molecule has 0 unspecified atom stereocenters. The van der Waals surface area contributed by atoms with E-state index in [1.165, 1.54) is 34.5 Å². The topological polar surface area (TPSA) is 69.8 Å². The van der Waals surface area contributed by atoms with Crippen molar-refractivity contribution >= 4 is 22.8 Å². The van der Waals surface area contributed by atoms with Crippen molar-refractivity contribution < 1.29 is 0 Å². The van der Waals surface area contributed by atoms with Crippen LogP contribution in [0.4, 0.5) is 0 Å². The van der Waals surface area contributed by atoms with Gasteiger partial charge in [-0.2, -0.15) is 0 Å². The predicted molar refractivity (Wildman–Crippen MR) is 105 cm³/mol. The fourth-order valence-electron chi connectivity index (χ4n) is 2.87. The molecule has 2 heterocycles. The summed E-state index contributed by atoms with van der Waals surface area (Å²) >= 11 is 1.51. The molecule has 0 aliphatic carbocycles. The summed E-state index contributed by atoms with van der Waals surface area (Å²) in [5, 5.41) is 1.04. The van der Waals surface area contributed by atoms with Crippen molar-refractivity contribution in [3.8, 4) is 0 Å². The lowest BCUT2D eigenvalue weighted by Gasteiger charge is -2.11. The van der Waals surface area contributed by atoms with Gasteiger partial charge in [-0.3, -0.25) is 13.9 Å². The van der Waals surface area contributed by atoms with Gasteiger partial charge in [-0.25, -0.2) is 14.8 Å². The molecule has 3 rings (SSSR count). The fourth-order valence-corrected chi connectivity index (χ4v) is 3.84. The molecule has 136 valence electrons. The van der Waals surface area contributed by atoms with Crippen LogP contribution >= 0.6 is 11.8 Å². The Kier molecular flexibility index (Phi) is 5.27. The van der Waals surface area contributed by atoms with Crippen molar-refractivity contribution in [2.45, 2.75) is 37.5 Å². The number of rotatable bonds is 5. The number of thioether (sulfide) groups is 1. The zero-order valence-corrected chi connectivity index (χ0v) is 16.3. The molecule has 0 aliphatic heterocycles. The van der Waals surface area contributed by atoms with Crippen molar-refractivity contribution in [1.82, 2.24) is 19.1 Å². The van der Waals surface area contributed by atoms with E-state index in [0.29, 0.717) is 34.1 Å². The van der Waals surface area contributed by atoms with Gasteiger partial charge in [0.15, 0.2) is 5.65 Å². The Morgan fingerprint density at radius 1 is 1.12 bits per heavy atom. The zero-order chi connectivity index (χ0) is 18.8. The lowest BCUT2D eigenvalue weighted by atomic mass is 10.2. The van der Waals surface area contributed by atoms with Crippen molar-refractivity contribution in [3.63, 3.8) is 0 Å². The van der Waals surface area contributed by atoms with Crippen molar-refractivity contribution in [3.05, 3.63) is 62.1 Å². The number of aromatic nitrogens is 4. The lowest BCUT2D eigenvalue weighted by Crippen LogP contribution is -2.37. The molecule has 0 fully saturated rings. The van der Waals surface area contributed by atoms with E-state index in [1.54, 1.807) is 7.05 Å². The molecule has 0 aliphatic rings. The number of hydrogen-bond acceptors (Lipinski definition) is 5. The Morgan fingerprint density at radius 2 is 1.88 bits per heavy atom. The number of nitrogens with zero attached hydrogens (tertiary/aromatic N) is 4. The first-order valence-corrected chi connectivity index (χ1v) is 9.56. The highest BCUT2D eigenvalue weighted by Crippen LogP contribution is 2.26. The van der Waals surface area contributed by atoms with Gasteiger partial charge in [0.2, 0.25) is 0 Å². The van der Waals surface area contributed by atoms with Gasteiger partial charge in [0.1, 0.15) is 16.2 Å². The Bertz CT molecular complexity index is 1090.